The summed E-state index contributed by atoms with van der Waals surface area (Å²) in [6, 6.07) is 7.19. The number of rotatable bonds is 6. The zero-order valence-corrected chi connectivity index (χ0v) is 12.5. The third-order valence-electron chi connectivity index (χ3n) is 3.34. The molecule has 0 radical (unpaired) electrons. The number of nitrogens with one attached hydrogen (secondary N) is 1. The van der Waals surface area contributed by atoms with E-state index in [4.69, 9.17) is 0 Å². The molecule has 2 aromatic rings. The van der Waals surface area contributed by atoms with Crippen molar-refractivity contribution in [3.63, 3.8) is 0 Å². The van der Waals surface area contributed by atoms with Crippen LogP contribution in [0.15, 0.2) is 35.3 Å². The average molecular weight is 287 g/mol. The van der Waals surface area contributed by atoms with Crippen LogP contribution in [-0.4, -0.2) is 22.2 Å². The van der Waals surface area contributed by atoms with Crippen molar-refractivity contribution in [2.45, 2.75) is 33.2 Å². The van der Waals surface area contributed by atoms with Crippen molar-refractivity contribution in [2.75, 3.05) is 6.54 Å². The van der Waals surface area contributed by atoms with Gasteiger partial charge in [0.1, 0.15) is 6.54 Å². The summed E-state index contributed by atoms with van der Waals surface area (Å²) in [6.07, 6.45) is 3.33. The van der Waals surface area contributed by atoms with Crippen LogP contribution in [0.25, 0.3) is 10.9 Å². The Morgan fingerprint density at radius 2 is 2.10 bits per heavy atom. The highest BCUT2D eigenvalue weighted by atomic mass is 16.2. The molecule has 0 bridgehead atoms. The second-order valence-corrected chi connectivity index (χ2v) is 5.57. The first-order valence-electron chi connectivity index (χ1n) is 7.29. The molecule has 1 aromatic carbocycles. The Labute approximate surface area is 124 Å². The maximum Gasteiger partial charge on any atom is 0.241 e. The average Bonchev–Trinajstić information content (AvgIpc) is 2.47. The number of hydrogen-bond donors (Lipinski definition) is 1. The van der Waals surface area contributed by atoms with E-state index in [-0.39, 0.29) is 17.9 Å². The number of aromatic nitrogens is 2. The number of amides is 1. The van der Waals surface area contributed by atoms with E-state index in [0.717, 1.165) is 12.8 Å². The van der Waals surface area contributed by atoms with Gasteiger partial charge < -0.3 is 5.32 Å². The molecule has 0 atom stereocenters. The van der Waals surface area contributed by atoms with Gasteiger partial charge in [-0.25, -0.2) is 0 Å². The van der Waals surface area contributed by atoms with Crippen molar-refractivity contribution in [1.29, 1.82) is 0 Å². The molecule has 0 aliphatic heterocycles. The Bertz CT molecular complexity index is 677. The zero-order valence-electron chi connectivity index (χ0n) is 12.5. The summed E-state index contributed by atoms with van der Waals surface area (Å²) in [4.78, 5) is 23.7. The lowest BCUT2D eigenvalue weighted by atomic mass is 10.1. The standard InChI is InChI=1S/C16H21N3O2/c1-12(2)6-5-9-17-16(21)11-19-14-8-4-3-7-13(14)15(20)10-18-19/h3-4,7-8,10,12H,5-6,9,11H2,1-2H3,(H,17,21). The Kier molecular flexibility index (Phi) is 5.09. The summed E-state index contributed by atoms with van der Waals surface area (Å²) in [6.45, 7) is 5.13. The van der Waals surface area contributed by atoms with Crippen LogP contribution in [0.5, 0.6) is 0 Å². The van der Waals surface area contributed by atoms with Gasteiger partial charge in [0.2, 0.25) is 11.3 Å². The van der Waals surface area contributed by atoms with Crippen LogP contribution in [-0.2, 0) is 11.3 Å². The third kappa shape index (κ3) is 4.15. The van der Waals surface area contributed by atoms with Crippen molar-refractivity contribution in [3.8, 4) is 0 Å². The van der Waals surface area contributed by atoms with Crippen molar-refractivity contribution in [2.24, 2.45) is 5.92 Å². The predicted octanol–water partition coefficient (Wildman–Crippen LogP) is 1.95. The number of carbonyl (C=O) groups excluding carboxylic acids is 1. The third-order valence-corrected chi connectivity index (χ3v) is 3.34. The topological polar surface area (TPSA) is 64.0 Å². The van der Waals surface area contributed by atoms with Crippen molar-refractivity contribution in [3.05, 3.63) is 40.7 Å². The molecule has 0 saturated heterocycles. The highest BCUT2D eigenvalue weighted by Gasteiger charge is 2.07. The molecule has 0 unspecified atom stereocenters. The van der Waals surface area contributed by atoms with Gasteiger partial charge in [0, 0.05) is 11.9 Å². The Hall–Kier alpha value is -2.17. The Balaban J connectivity index is 2.02. The van der Waals surface area contributed by atoms with E-state index in [0.29, 0.717) is 23.4 Å². The molecule has 112 valence electrons. The number of hydrogen-bond acceptors (Lipinski definition) is 3. The zero-order chi connectivity index (χ0) is 15.2. The van der Waals surface area contributed by atoms with Crippen LogP contribution in [0, 0.1) is 5.92 Å². The normalized spacial score (nSPS) is 11.0. The van der Waals surface area contributed by atoms with Crippen molar-refractivity contribution >= 4 is 16.8 Å². The molecule has 2 rings (SSSR count). The molecule has 0 fully saturated rings. The fourth-order valence-electron chi connectivity index (χ4n) is 2.22. The van der Waals surface area contributed by atoms with Crippen molar-refractivity contribution in [1.82, 2.24) is 15.1 Å². The molecule has 0 aliphatic rings. The lowest BCUT2D eigenvalue weighted by Crippen LogP contribution is -2.30. The molecule has 0 aliphatic carbocycles. The minimum Gasteiger partial charge on any atom is -0.354 e. The first kappa shape index (κ1) is 15.2. The van der Waals surface area contributed by atoms with Gasteiger partial charge in [-0.1, -0.05) is 26.0 Å². The van der Waals surface area contributed by atoms with Gasteiger partial charge in [-0.2, -0.15) is 5.10 Å². The summed E-state index contributed by atoms with van der Waals surface area (Å²) in [5.74, 6) is 0.562. The van der Waals surface area contributed by atoms with E-state index < -0.39 is 0 Å². The van der Waals surface area contributed by atoms with Gasteiger partial charge >= 0.3 is 0 Å². The van der Waals surface area contributed by atoms with Crippen LogP contribution >= 0.6 is 0 Å². The van der Waals surface area contributed by atoms with Gasteiger partial charge in [-0.15, -0.1) is 0 Å². The molecule has 1 heterocycles. The molecule has 1 N–H and O–H groups in total. The molecule has 1 aromatic heterocycles. The quantitative estimate of drug-likeness (QED) is 0.826. The van der Waals surface area contributed by atoms with Gasteiger partial charge in [0.05, 0.1) is 11.7 Å². The molecule has 1 amide bonds. The monoisotopic (exact) mass is 287 g/mol. The van der Waals surface area contributed by atoms with E-state index >= 15 is 0 Å². The molecule has 0 spiro atoms. The summed E-state index contributed by atoms with van der Waals surface area (Å²) in [5, 5.41) is 7.52. The van der Waals surface area contributed by atoms with Gasteiger partial charge in [0.15, 0.2) is 0 Å². The number of carbonyl (C=O) groups is 1. The number of nitrogens with zero attached hydrogens (tertiary/aromatic N) is 2. The van der Waals surface area contributed by atoms with Crippen LogP contribution in [0.2, 0.25) is 0 Å². The molecular weight excluding hydrogens is 266 g/mol. The van der Waals surface area contributed by atoms with E-state index in [9.17, 15) is 9.59 Å². The minimum atomic E-state index is -0.126. The van der Waals surface area contributed by atoms with Crippen LogP contribution in [0.4, 0.5) is 0 Å². The SMILES string of the molecule is CC(C)CCCNC(=O)Cn1ncc(=O)c2ccccc21. The van der Waals surface area contributed by atoms with Gasteiger partial charge in [-0.05, 0) is 30.9 Å². The highest BCUT2D eigenvalue weighted by Crippen LogP contribution is 2.07. The first-order chi connectivity index (χ1) is 10.1. The summed E-state index contributed by atoms with van der Waals surface area (Å²) in [5.41, 5.74) is 0.557. The maximum atomic E-state index is 11.9. The summed E-state index contributed by atoms with van der Waals surface area (Å²) < 4.78 is 1.56. The van der Waals surface area contributed by atoms with Gasteiger partial charge in [0.25, 0.3) is 0 Å². The number of benzene rings is 1. The molecule has 5 heteroatoms. The van der Waals surface area contributed by atoms with E-state index in [1.165, 1.54) is 6.20 Å². The maximum absolute atomic E-state index is 11.9. The second kappa shape index (κ2) is 7.02. The highest BCUT2D eigenvalue weighted by molar-refractivity contribution is 5.81. The Morgan fingerprint density at radius 3 is 2.86 bits per heavy atom. The summed E-state index contributed by atoms with van der Waals surface area (Å²) >= 11 is 0. The largest absolute Gasteiger partial charge is 0.354 e. The summed E-state index contributed by atoms with van der Waals surface area (Å²) in [7, 11) is 0. The molecule has 5 nitrogen and oxygen atoms in total. The molecule has 0 saturated carbocycles. The predicted molar refractivity (Wildman–Crippen MR) is 83.1 cm³/mol. The van der Waals surface area contributed by atoms with Gasteiger partial charge in [-0.3, -0.25) is 14.3 Å². The minimum absolute atomic E-state index is 0.0833. The fourth-order valence-corrected chi connectivity index (χ4v) is 2.22. The van der Waals surface area contributed by atoms with Crippen LogP contribution in [0.3, 0.4) is 0 Å². The first-order valence-corrected chi connectivity index (χ1v) is 7.29. The smallest absolute Gasteiger partial charge is 0.241 e. The van der Waals surface area contributed by atoms with E-state index in [1.807, 2.05) is 6.07 Å². The second-order valence-electron chi connectivity index (χ2n) is 5.57. The van der Waals surface area contributed by atoms with Crippen molar-refractivity contribution < 1.29 is 4.79 Å². The lowest BCUT2D eigenvalue weighted by molar-refractivity contribution is -0.121. The number of para-hydroxylation sites is 1. The van der Waals surface area contributed by atoms with E-state index in [2.05, 4.69) is 24.3 Å². The van der Waals surface area contributed by atoms with E-state index in [1.54, 1.807) is 22.9 Å². The lowest BCUT2D eigenvalue weighted by Gasteiger charge is -2.10. The molecule has 21 heavy (non-hydrogen) atoms. The molecular formula is C16H21N3O2. The fraction of sp³-hybridized carbons (Fsp3) is 0.438. The van der Waals surface area contributed by atoms with Crippen LogP contribution in [0.1, 0.15) is 26.7 Å². The van der Waals surface area contributed by atoms with Crippen LogP contribution < -0.4 is 10.7 Å². The Morgan fingerprint density at radius 1 is 1.33 bits per heavy atom. The number of fused-ring (bicyclic) bond motifs is 1.